The van der Waals surface area contributed by atoms with Gasteiger partial charge in [0.1, 0.15) is 5.82 Å². The number of halogens is 1. The molecule has 1 aliphatic heterocycles. The van der Waals surface area contributed by atoms with Crippen LogP contribution in [-0.2, 0) is 14.7 Å². The molecule has 0 aromatic carbocycles. The van der Waals surface area contributed by atoms with Crippen LogP contribution in [0.4, 0.5) is 4.39 Å². The standard InChI is InChI=1S/C15H23BFNO2/c1-13(2,3)11-8-10(17)9-12(18-11)16-19-14(4,5)15(6,7)20-16/h8-9H,1-7H3. The molecule has 0 radical (unpaired) electrons. The Kier molecular flexibility index (Phi) is 3.50. The van der Waals surface area contributed by atoms with Crippen LogP contribution in [0, 0.1) is 5.82 Å². The van der Waals surface area contributed by atoms with E-state index in [9.17, 15) is 4.39 Å². The second-order valence-corrected chi connectivity index (χ2v) is 7.43. The van der Waals surface area contributed by atoms with Crippen molar-refractivity contribution in [3.8, 4) is 0 Å². The van der Waals surface area contributed by atoms with Crippen LogP contribution >= 0.6 is 0 Å². The monoisotopic (exact) mass is 279 g/mol. The van der Waals surface area contributed by atoms with Crippen LogP contribution in [0.1, 0.15) is 54.2 Å². The van der Waals surface area contributed by atoms with Gasteiger partial charge in [-0.1, -0.05) is 20.8 Å². The molecule has 20 heavy (non-hydrogen) atoms. The van der Waals surface area contributed by atoms with Gasteiger partial charge in [-0.25, -0.2) is 4.39 Å². The van der Waals surface area contributed by atoms with E-state index in [-0.39, 0.29) is 11.2 Å². The lowest BCUT2D eigenvalue weighted by Crippen LogP contribution is -2.41. The zero-order valence-electron chi connectivity index (χ0n) is 13.4. The zero-order valence-corrected chi connectivity index (χ0v) is 13.4. The molecule has 0 atom stereocenters. The Hall–Kier alpha value is -0.935. The first-order valence-electron chi connectivity index (χ1n) is 6.96. The van der Waals surface area contributed by atoms with E-state index in [0.717, 1.165) is 0 Å². The number of hydrogen-bond acceptors (Lipinski definition) is 3. The molecule has 110 valence electrons. The Bertz CT molecular complexity index is 507. The van der Waals surface area contributed by atoms with Gasteiger partial charge in [0.05, 0.1) is 16.8 Å². The van der Waals surface area contributed by atoms with Crippen molar-refractivity contribution in [2.45, 2.75) is 65.1 Å². The van der Waals surface area contributed by atoms with Crippen molar-refractivity contribution < 1.29 is 13.7 Å². The van der Waals surface area contributed by atoms with Gasteiger partial charge in [0.2, 0.25) is 0 Å². The van der Waals surface area contributed by atoms with Crippen molar-refractivity contribution in [3.05, 3.63) is 23.6 Å². The van der Waals surface area contributed by atoms with Crippen LogP contribution in [0.3, 0.4) is 0 Å². The number of aromatic nitrogens is 1. The van der Waals surface area contributed by atoms with Crippen molar-refractivity contribution in [1.29, 1.82) is 0 Å². The maximum Gasteiger partial charge on any atom is 0.514 e. The second-order valence-electron chi connectivity index (χ2n) is 7.43. The van der Waals surface area contributed by atoms with E-state index >= 15 is 0 Å². The van der Waals surface area contributed by atoms with Gasteiger partial charge in [-0.2, -0.15) is 0 Å². The van der Waals surface area contributed by atoms with Crippen LogP contribution < -0.4 is 5.59 Å². The number of rotatable bonds is 1. The number of nitrogens with zero attached hydrogens (tertiary/aromatic N) is 1. The Morgan fingerprint density at radius 1 is 1.05 bits per heavy atom. The molecule has 5 heteroatoms. The van der Waals surface area contributed by atoms with Crippen molar-refractivity contribution in [3.63, 3.8) is 0 Å². The average molecular weight is 279 g/mol. The summed E-state index contributed by atoms with van der Waals surface area (Å²) in [5.74, 6) is -0.311. The highest BCUT2D eigenvalue weighted by molar-refractivity contribution is 6.61. The maximum absolute atomic E-state index is 13.8. The Labute approximate surface area is 121 Å². The SMILES string of the molecule is CC(C)(C)c1cc(F)cc(B2OC(C)(C)C(C)(C)O2)n1. The fraction of sp³-hybridized carbons (Fsp3) is 0.667. The topological polar surface area (TPSA) is 31.4 Å². The van der Waals surface area contributed by atoms with E-state index in [4.69, 9.17) is 9.31 Å². The smallest absolute Gasteiger partial charge is 0.398 e. The summed E-state index contributed by atoms with van der Waals surface area (Å²) in [5.41, 5.74) is 0.0671. The Morgan fingerprint density at radius 2 is 1.55 bits per heavy atom. The predicted octanol–water partition coefficient (Wildman–Crippen LogP) is 2.82. The fourth-order valence-electron chi connectivity index (χ4n) is 1.99. The van der Waals surface area contributed by atoms with E-state index in [1.807, 2.05) is 48.5 Å². The molecule has 0 unspecified atom stereocenters. The van der Waals surface area contributed by atoms with Crippen molar-refractivity contribution >= 4 is 12.7 Å². The van der Waals surface area contributed by atoms with Crippen LogP contribution in [0.25, 0.3) is 0 Å². The summed E-state index contributed by atoms with van der Waals surface area (Å²) in [7, 11) is -0.628. The normalized spacial score (nSPS) is 21.3. The van der Waals surface area contributed by atoms with E-state index in [1.54, 1.807) is 0 Å². The summed E-state index contributed by atoms with van der Waals surface area (Å²) in [6, 6.07) is 2.85. The number of hydrogen-bond donors (Lipinski definition) is 0. The summed E-state index contributed by atoms with van der Waals surface area (Å²) in [6.45, 7) is 13.9. The molecule has 0 bridgehead atoms. The molecule has 1 fully saturated rings. The van der Waals surface area contributed by atoms with E-state index in [0.29, 0.717) is 11.3 Å². The van der Waals surface area contributed by atoms with E-state index in [1.165, 1.54) is 12.1 Å². The van der Waals surface area contributed by atoms with Crippen molar-refractivity contribution in [2.75, 3.05) is 0 Å². The van der Waals surface area contributed by atoms with Crippen LogP contribution in [-0.4, -0.2) is 23.3 Å². The Morgan fingerprint density at radius 3 is 2.00 bits per heavy atom. The third-order valence-corrected chi connectivity index (χ3v) is 4.07. The first kappa shape index (κ1) is 15.5. The molecule has 0 N–H and O–H groups in total. The quantitative estimate of drug-likeness (QED) is 0.741. The molecular formula is C15H23BFNO2. The van der Waals surface area contributed by atoms with Gasteiger partial charge in [-0.3, -0.25) is 4.98 Å². The summed E-state index contributed by atoms with van der Waals surface area (Å²) in [4.78, 5) is 4.53. The van der Waals surface area contributed by atoms with Crippen molar-refractivity contribution in [2.24, 2.45) is 0 Å². The van der Waals surface area contributed by atoms with Gasteiger partial charge >= 0.3 is 7.12 Å². The molecule has 1 aliphatic rings. The lowest BCUT2D eigenvalue weighted by Gasteiger charge is -2.32. The number of pyridine rings is 1. The van der Waals surface area contributed by atoms with Crippen LogP contribution in [0.5, 0.6) is 0 Å². The molecule has 2 rings (SSSR count). The highest BCUT2D eigenvalue weighted by Crippen LogP contribution is 2.36. The zero-order chi connectivity index (χ0) is 15.3. The minimum absolute atomic E-state index is 0.222. The second kappa shape index (κ2) is 4.53. The van der Waals surface area contributed by atoms with E-state index < -0.39 is 18.3 Å². The van der Waals surface area contributed by atoms with Gasteiger partial charge in [0.15, 0.2) is 0 Å². The van der Waals surface area contributed by atoms with Crippen molar-refractivity contribution in [1.82, 2.24) is 4.98 Å². The molecule has 3 nitrogen and oxygen atoms in total. The summed E-state index contributed by atoms with van der Waals surface area (Å²) in [5, 5.41) is 0. The molecule has 0 saturated carbocycles. The van der Waals surface area contributed by atoms with Gasteiger partial charge in [0.25, 0.3) is 0 Å². The van der Waals surface area contributed by atoms with Crippen LogP contribution in [0.2, 0.25) is 0 Å². The minimum Gasteiger partial charge on any atom is -0.398 e. The van der Waals surface area contributed by atoms with Gasteiger partial charge in [0, 0.05) is 11.1 Å². The molecule has 1 saturated heterocycles. The molecule has 1 aromatic heterocycles. The molecule has 0 amide bonds. The van der Waals surface area contributed by atoms with Gasteiger partial charge in [-0.05, 0) is 39.8 Å². The third-order valence-electron chi connectivity index (χ3n) is 4.07. The first-order chi connectivity index (χ1) is 8.92. The summed E-state index contributed by atoms with van der Waals surface area (Å²) < 4.78 is 25.7. The van der Waals surface area contributed by atoms with Gasteiger partial charge in [-0.15, -0.1) is 0 Å². The Balaban J connectivity index is 2.38. The van der Waals surface area contributed by atoms with E-state index in [2.05, 4.69) is 4.98 Å². The summed E-state index contributed by atoms with van der Waals surface area (Å²) >= 11 is 0. The molecule has 0 aliphatic carbocycles. The maximum atomic E-state index is 13.8. The summed E-state index contributed by atoms with van der Waals surface area (Å²) in [6.07, 6.45) is 0. The predicted molar refractivity (Wildman–Crippen MR) is 78.6 cm³/mol. The average Bonchev–Trinajstić information content (AvgIpc) is 2.46. The highest BCUT2D eigenvalue weighted by Gasteiger charge is 2.52. The molecular weight excluding hydrogens is 256 g/mol. The highest BCUT2D eigenvalue weighted by atomic mass is 19.1. The lowest BCUT2D eigenvalue weighted by atomic mass is 9.82. The fourth-order valence-corrected chi connectivity index (χ4v) is 1.99. The lowest BCUT2D eigenvalue weighted by molar-refractivity contribution is 0.00578. The third kappa shape index (κ3) is 2.74. The van der Waals surface area contributed by atoms with Gasteiger partial charge < -0.3 is 9.31 Å². The molecule has 0 spiro atoms. The molecule has 2 heterocycles. The largest absolute Gasteiger partial charge is 0.514 e. The van der Waals surface area contributed by atoms with Crippen LogP contribution in [0.15, 0.2) is 12.1 Å². The molecule has 1 aromatic rings. The minimum atomic E-state index is -0.628. The first-order valence-corrected chi connectivity index (χ1v) is 6.96.